The van der Waals surface area contributed by atoms with Gasteiger partial charge in [-0.25, -0.2) is 13.4 Å². The topological polar surface area (TPSA) is 84.3 Å². The van der Waals surface area contributed by atoms with Crippen LogP contribution in [-0.4, -0.2) is 41.3 Å². The second-order valence-corrected chi connectivity index (χ2v) is 10.1. The van der Waals surface area contributed by atoms with Crippen LogP contribution in [0.5, 0.6) is 0 Å². The summed E-state index contributed by atoms with van der Waals surface area (Å²) in [6, 6.07) is 21.3. The first kappa shape index (κ1) is 21.6. The number of carbonyl (C=O) groups excluding carboxylic acids is 1. The highest BCUT2D eigenvalue weighted by atomic mass is 35.5. The van der Waals surface area contributed by atoms with Crippen molar-refractivity contribution in [2.24, 2.45) is 0 Å². The van der Waals surface area contributed by atoms with Crippen molar-refractivity contribution in [1.29, 1.82) is 0 Å². The third kappa shape index (κ3) is 4.01. The fourth-order valence-electron chi connectivity index (χ4n) is 4.03. The van der Waals surface area contributed by atoms with Gasteiger partial charge in [0.2, 0.25) is 16.0 Å². The predicted octanol–water partition coefficient (Wildman–Crippen LogP) is 4.72. The molecule has 0 radical (unpaired) electrons. The number of imidazole rings is 1. The second kappa shape index (κ2) is 8.62. The highest BCUT2D eigenvalue weighted by Crippen LogP contribution is 2.28. The molecule has 1 fully saturated rings. The van der Waals surface area contributed by atoms with E-state index >= 15 is 0 Å². The molecule has 1 aromatic heterocycles. The first-order valence-electron chi connectivity index (χ1n) is 10.6. The number of nitrogens with one attached hydrogen (secondary N) is 1. The second-order valence-electron chi connectivity index (χ2n) is 7.80. The van der Waals surface area contributed by atoms with Gasteiger partial charge in [-0.1, -0.05) is 41.9 Å². The number of fused-ring (bicyclic) bond motifs is 1. The molecular formula is C24H21ClN4O3S. The predicted molar refractivity (Wildman–Crippen MR) is 128 cm³/mol. The van der Waals surface area contributed by atoms with Crippen molar-refractivity contribution < 1.29 is 13.2 Å². The number of carbonyl (C=O) groups is 1. The standard InChI is InChI=1S/C24H21ClN4O3S/c25-20-13-12-18(33(31,32)28-14-6-7-15-28)16-19(20)23(30)27-24-26-21-10-4-5-11-22(21)29(24)17-8-2-1-3-9-17/h1-5,8-13,16H,6-7,14-15H2,(H,26,27,30). The number of para-hydroxylation sites is 3. The molecule has 33 heavy (non-hydrogen) atoms. The molecule has 4 aromatic rings. The van der Waals surface area contributed by atoms with E-state index in [4.69, 9.17) is 11.6 Å². The van der Waals surface area contributed by atoms with E-state index in [1.807, 2.05) is 59.2 Å². The van der Waals surface area contributed by atoms with E-state index in [0.717, 1.165) is 24.0 Å². The molecule has 0 bridgehead atoms. The molecule has 2 heterocycles. The van der Waals surface area contributed by atoms with Crippen LogP contribution in [0.4, 0.5) is 5.95 Å². The summed E-state index contributed by atoms with van der Waals surface area (Å²) in [4.78, 5) is 17.9. The van der Waals surface area contributed by atoms with Crippen molar-refractivity contribution in [2.75, 3.05) is 18.4 Å². The minimum absolute atomic E-state index is 0.0514. The van der Waals surface area contributed by atoms with Crippen LogP contribution in [-0.2, 0) is 10.0 Å². The zero-order chi connectivity index (χ0) is 23.0. The molecule has 1 aliphatic heterocycles. The third-order valence-electron chi connectivity index (χ3n) is 5.69. The van der Waals surface area contributed by atoms with Gasteiger partial charge in [-0.05, 0) is 55.3 Å². The molecule has 7 nitrogen and oxygen atoms in total. The van der Waals surface area contributed by atoms with Crippen LogP contribution in [0.25, 0.3) is 16.7 Å². The van der Waals surface area contributed by atoms with Gasteiger partial charge in [0.1, 0.15) is 0 Å². The summed E-state index contributed by atoms with van der Waals surface area (Å²) < 4.78 is 29.2. The zero-order valence-electron chi connectivity index (χ0n) is 17.6. The van der Waals surface area contributed by atoms with Crippen molar-refractivity contribution in [3.8, 4) is 5.69 Å². The average molecular weight is 481 g/mol. The SMILES string of the molecule is O=C(Nc1nc2ccccc2n1-c1ccccc1)c1cc(S(=O)(=O)N2CCCC2)ccc1Cl. The van der Waals surface area contributed by atoms with Gasteiger partial charge in [-0.2, -0.15) is 4.31 Å². The van der Waals surface area contributed by atoms with Crippen molar-refractivity contribution in [3.63, 3.8) is 0 Å². The largest absolute Gasteiger partial charge is 0.291 e. The van der Waals surface area contributed by atoms with Gasteiger partial charge in [-0.3, -0.25) is 14.7 Å². The first-order chi connectivity index (χ1) is 15.9. The van der Waals surface area contributed by atoms with Gasteiger partial charge >= 0.3 is 0 Å². The number of sulfonamides is 1. The molecule has 0 spiro atoms. The highest BCUT2D eigenvalue weighted by molar-refractivity contribution is 7.89. The molecule has 1 amide bonds. The molecule has 0 unspecified atom stereocenters. The fraction of sp³-hybridized carbons (Fsp3) is 0.167. The summed E-state index contributed by atoms with van der Waals surface area (Å²) >= 11 is 6.31. The fourth-order valence-corrected chi connectivity index (χ4v) is 5.78. The minimum atomic E-state index is -3.68. The summed E-state index contributed by atoms with van der Waals surface area (Å²) in [6.45, 7) is 0.960. The van der Waals surface area contributed by atoms with E-state index in [-0.39, 0.29) is 15.5 Å². The molecule has 0 atom stereocenters. The van der Waals surface area contributed by atoms with Gasteiger partial charge in [0.15, 0.2) is 0 Å². The van der Waals surface area contributed by atoms with E-state index < -0.39 is 15.9 Å². The number of halogens is 1. The number of benzene rings is 3. The number of amides is 1. The Morgan fingerprint density at radius 3 is 2.39 bits per heavy atom. The summed E-state index contributed by atoms with van der Waals surface area (Å²) in [6.07, 6.45) is 1.66. The maximum atomic E-state index is 13.2. The van der Waals surface area contributed by atoms with Crippen LogP contribution in [0.3, 0.4) is 0 Å². The molecular weight excluding hydrogens is 460 g/mol. The van der Waals surface area contributed by atoms with Gasteiger partial charge in [-0.15, -0.1) is 0 Å². The van der Waals surface area contributed by atoms with Crippen LogP contribution in [0, 0.1) is 0 Å². The molecule has 1 saturated heterocycles. The average Bonchev–Trinajstić information content (AvgIpc) is 3.48. The lowest BCUT2D eigenvalue weighted by Crippen LogP contribution is -2.28. The van der Waals surface area contributed by atoms with E-state index in [9.17, 15) is 13.2 Å². The van der Waals surface area contributed by atoms with Crippen LogP contribution in [0.2, 0.25) is 5.02 Å². The Morgan fingerprint density at radius 1 is 0.939 bits per heavy atom. The Labute approximate surface area is 196 Å². The number of hydrogen-bond donors (Lipinski definition) is 1. The van der Waals surface area contributed by atoms with Gasteiger partial charge in [0, 0.05) is 18.8 Å². The molecule has 3 aromatic carbocycles. The number of rotatable bonds is 5. The normalized spacial score (nSPS) is 14.6. The lowest BCUT2D eigenvalue weighted by Gasteiger charge is -2.16. The quantitative estimate of drug-likeness (QED) is 0.448. The van der Waals surface area contributed by atoms with Gasteiger partial charge < -0.3 is 0 Å². The third-order valence-corrected chi connectivity index (χ3v) is 7.91. The molecule has 0 saturated carbocycles. The molecule has 1 aliphatic rings. The first-order valence-corrected chi connectivity index (χ1v) is 12.4. The molecule has 1 N–H and O–H groups in total. The summed E-state index contributed by atoms with van der Waals surface area (Å²) in [5.74, 6) is -0.220. The molecule has 9 heteroatoms. The Hall–Kier alpha value is -3.20. The van der Waals surface area contributed by atoms with Crippen LogP contribution in [0.1, 0.15) is 23.2 Å². The minimum Gasteiger partial charge on any atom is -0.291 e. The van der Waals surface area contributed by atoms with Gasteiger partial charge in [0.05, 0.1) is 26.5 Å². The van der Waals surface area contributed by atoms with E-state index in [2.05, 4.69) is 10.3 Å². The zero-order valence-corrected chi connectivity index (χ0v) is 19.2. The summed E-state index contributed by atoms with van der Waals surface area (Å²) in [7, 11) is -3.68. The lowest BCUT2D eigenvalue weighted by atomic mass is 10.2. The Morgan fingerprint density at radius 2 is 1.64 bits per heavy atom. The molecule has 0 aliphatic carbocycles. The maximum absolute atomic E-state index is 13.2. The van der Waals surface area contributed by atoms with Crippen molar-refractivity contribution in [3.05, 3.63) is 83.4 Å². The lowest BCUT2D eigenvalue weighted by molar-refractivity contribution is 0.102. The van der Waals surface area contributed by atoms with Gasteiger partial charge in [0.25, 0.3) is 5.91 Å². The van der Waals surface area contributed by atoms with Crippen molar-refractivity contribution >= 4 is 44.5 Å². The number of anilines is 1. The monoisotopic (exact) mass is 480 g/mol. The Kier molecular flexibility index (Phi) is 5.65. The molecule has 5 rings (SSSR count). The van der Waals surface area contributed by atoms with Crippen LogP contribution < -0.4 is 5.32 Å². The summed E-state index contributed by atoms with van der Waals surface area (Å²) in [5.41, 5.74) is 2.45. The smallest absolute Gasteiger partial charge is 0.259 e. The summed E-state index contributed by atoms with van der Waals surface area (Å²) in [5, 5.41) is 2.99. The van der Waals surface area contributed by atoms with Crippen LogP contribution >= 0.6 is 11.6 Å². The number of aromatic nitrogens is 2. The number of hydrogen-bond acceptors (Lipinski definition) is 4. The van der Waals surface area contributed by atoms with E-state index in [1.54, 1.807) is 0 Å². The maximum Gasteiger partial charge on any atom is 0.259 e. The highest BCUT2D eigenvalue weighted by Gasteiger charge is 2.28. The molecule has 168 valence electrons. The van der Waals surface area contributed by atoms with Crippen molar-refractivity contribution in [2.45, 2.75) is 17.7 Å². The Bertz CT molecular complexity index is 1450. The van der Waals surface area contributed by atoms with E-state index in [0.29, 0.717) is 24.6 Å². The number of nitrogens with zero attached hydrogens (tertiary/aromatic N) is 3. The van der Waals surface area contributed by atoms with Crippen molar-refractivity contribution in [1.82, 2.24) is 13.9 Å². The van der Waals surface area contributed by atoms with Crippen LogP contribution in [0.15, 0.2) is 77.7 Å². The van der Waals surface area contributed by atoms with E-state index in [1.165, 1.54) is 22.5 Å². The Balaban J connectivity index is 1.53.